The fraction of sp³-hybridized carbons (Fsp3) is 0.417. The summed E-state index contributed by atoms with van der Waals surface area (Å²) in [5.41, 5.74) is 2.89. The summed E-state index contributed by atoms with van der Waals surface area (Å²) in [6, 6.07) is 6.23. The van der Waals surface area contributed by atoms with Crippen LogP contribution >= 0.6 is 11.3 Å². The molecular weight excluding hydrogens is 436 g/mol. The largest absolute Gasteiger partial charge is 0.444 e. The summed E-state index contributed by atoms with van der Waals surface area (Å²) in [5, 5.41) is 14.9. The molecule has 1 fully saturated rings. The SMILES string of the molecule is Cn1cc2cc(-c3cn4cc(C5CCN(C(=O)OC(C)(C)C)CC5)nc4s3)cc(C#N)c2n1. The number of nitrogens with zero attached hydrogens (tertiary/aromatic N) is 6. The molecule has 0 saturated carbocycles. The third-order valence-corrected chi connectivity index (χ3v) is 6.91. The van der Waals surface area contributed by atoms with Gasteiger partial charge in [-0.1, -0.05) is 11.3 Å². The normalized spacial score (nSPS) is 15.3. The smallest absolute Gasteiger partial charge is 0.410 e. The number of fused-ring (bicyclic) bond motifs is 2. The van der Waals surface area contributed by atoms with Gasteiger partial charge in [-0.25, -0.2) is 9.78 Å². The maximum Gasteiger partial charge on any atom is 0.410 e. The number of hydrogen-bond donors (Lipinski definition) is 0. The molecule has 0 radical (unpaired) electrons. The van der Waals surface area contributed by atoms with Crippen LogP contribution in [0.5, 0.6) is 0 Å². The van der Waals surface area contributed by atoms with E-state index in [9.17, 15) is 10.1 Å². The summed E-state index contributed by atoms with van der Waals surface area (Å²) in [6.07, 6.45) is 7.61. The van der Waals surface area contributed by atoms with Crippen molar-refractivity contribution in [1.82, 2.24) is 24.1 Å². The molecule has 1 saturated heterocycles. The van der Waals surface area contributed by atoms with Gasteiger partial charge in [0.2, 0.25) is 0 Å². The quantitative estimate of drug-likeness (QED) is 0.421. The number of nitriles is 1. The van der Waals surface area contributed by atoms with Gasteiger partial charge in [0.1, 0.15) is 17.2 Å². The molecule has 0 spiro atoms. The molecule has 1 aromatic carbocycles. The molecule has 1 aliphatic rings. The molecule has 0 N–H and O–H groups in total. The van der Waals surface area contributed by atoms with E-state index in [0.717, 1.165) is 44.8 Å². The molecule has 0 unspecified atom stereocenters. The Labute approximate surface area is 196 Å². The summed E-state index contributed by atoms with van der Waals surface area (Å²) in [7, 11) is 1.86. The lowest BCUT2D eigenvalue weighted by Crippen LogP contribution is -2.41. The van der Waals surface area contributed by atoms with E-state index in [1.807, 2.05) is 40.1 Å². The van der Waals surface area contributed by atoms with Crippen LogP contribution in [-0.2, 0) is 11.8 Å². The van der Waals surface area contributed by atoms with Gasteiger partial charge < -0.3 is 9.64 Å². The molecule has 170 valence electrons. The number of ether oxygens (including phenoxy) is 1. The molecule has 1 amide bonds. The molecule has 8 nitrogen and oxygen atoms in total. The Morgan fingerprint density at radius 3 is 2.64 bits per heavy atom. The highest BCUT2D eigenvalue weighted by Crippen LogP contribution is 2.34. The molecular formula is C24H26N6O2S. The Morgan fingerprint density at radius 2 is 1.97 bits per heavy atom. The van der Waals surface area contributed by atoms with Gasteiger partial charge in [-0.2, -0.15) is 10.4 Å². The van der Waals surface area contributed by atoms with Gasteiger partial charge in [0.15, 0.2) is 4.96 Å². The van der Waals surface area contributed by atoms with Gasteiger partial charge >= 0.3 is 6.09 Å². The Morgan fingerprint density at radius 1 is 1.21 bits per heavy atom. The Bertz CT molecular complexity index is 1360. The molecule has 3 aromatic heterocycles. The Kier molecular flexibility index (Phi) is 5.13. The molecule has 5 rings (SSSR count). The number of benzene rings is 1. The number of amides is 1. The van der Waals surface area contributed by atoms with E-state index in [4.69, 9.17) is 9.72 Å². The molecule has 0 bridgehead atoms. The number of thiazole rings is 1. The van der Waals surface area contributed by atoms with Crippen LogP contribution < -0.4 is 0 Å². The van der Waals surface area contributed by atoms with Crippen molar-refractivity contribution in [2.24, 2.45) is 7.05 Å². The minimum atomic E-state index is -0.477. The van der Waals surface area contributed by atoms with Crippen LogP contribution in [0.1, 0.15) is 50.8 Å². The van der Waals surface area contributed by atoms with Gasteiger partial charge in [-0.3, -0.25) is 9.08 Å². The first-order valence-electron chi connectivity index (χ1n) is 11.0. The van der Waals surface area contributed by atoms with Crippen LogP contribution in [0.25, 0.3) is 26.3 Å². The number of hydrogen-bond acceptors (Lipinski definition) is 6. The molecule has 4 aromatic rings. The first kappa shape index (κ1) is 21.5. The molecule has 4 heterocycles. The summed E-state index contributed by atoms with van der Waals surface area (Å²) in [5.74, 6) is 0.330. The second-order valence-electron chi connectivity index (χ2n) is 9.57. The average Bonchev–Trinajstić information content (AvgIpc) is 3.43. The minimum Gasteiger partial charge on any atom is -0.444 e. The predicted molar refractivity (Wildman–Crippen MR) is 127 cm³/mol. The fourth-order valence-electron chi connectivity index (χ4n) is 4.31. The van der Waals surface area contributed by atoms with Crippen LogP contribution in [0.4, 0.5) is 4.79 Å². The zero-order chi connectivity index (χ0) is 23.3. The van der Waals surface area contributed by atoms with Crippen LogP contribution in [0.3, 0.4) is 0 Å². The third-order valence-electron chi connectivity index (χ3n) is 5.87. The number of rotatable bonds is 2. The van der Waals surface area contributed by atoms with E-state index in [-0.39, 0.29) is 6.09 Å². The minimum absolute atomic E-state index is 0.237. The summed E-state index contributed by atoms with van der Waals surface area (Å²) < 4.78 is 9.29. The van der Waals surface area contributed by atoms with Crippen LogP contribution in [0, 0.1) is 11.3 Å². The van der Waals surface area contributed by atoms with Crippen molar-refractivity contribution in [3.05, 3.63) is 42.0 Å². The molecule has 0 atom stereocenters. The van der Waals surface area contributed by atoms with Crippen molar-refractivity contribution in [1.29, 1.82) is 5.26 Å². The van der Waals surface area contributed by atoms with Crippen molar-refractivity contribution in [3.8, 4) is 16.5 Å². The third kappa shape index (κ3) is 4.18. The second-order valence-corrected chi connectivity index (χ2v) is 10.6. The second kappa shape index (κ2) is 7.89. The summed E-state index contributed by atoms with van der Waals surface area (Å²) >= 11 is 1.61. The average molecular weight is 463 g/mol. The highest BCUT2D eigenvalue weighted by atomic mass is 32.1. The van der Waals surface area contributed by atoms with E-state index in [1.54, 1.807) is 20.9 Å². The van der Waals surface area contributed by atoms with E-state index >= 15 is 0 Å². The first-order valence-corrected chi connectivity index (χ1v) is 11.9. The van der Waals surface area contributed by atoms with Crippen molar-refractivity contribution >= 4 is 33.3 Å². The maximum absolute atomic E-state index is 12.3. The summed E-state index contributed by atoms with van der Waals surface area (Å²) in [6.45, 7) is 7.02. The molecule has 1 aliphatic heterocycles. The highest BCUT2D eigenvalue weighted by molar-refractivity contribution is 7.20. The summed E-state index contributed by atoms with van der Waals surface area (Å²) in [4.78, 5) is 21.0. The lowest BCUT2D eigenvalue weighted by atomic mass is 9.94. The fourth-order valence-corrected chi connectivity index (χ4v) is 5.27. The Hall–Kier alpha value is -3.38. The number of aryl methyl sites for hydroxylation is 1. The van der Waals surface area contributed by atoms with Crippen molar-refractivity contribution in [2.75, 3.05) is 13.1 Å². The maximum atomic E-state index is 12.3. The van der Waals surface area contributed by atoms with Crippen LogP contribution in [0.2, 0.25) is 0 Å². The first-order chi connectivity index (χ1) is 15.7. The number of imidazole rings is 1. The molecule has 0 aliphatic carbocycles. The number of carbonyl (C=O) groups is 1. The van der Waals surface area contributed by atoms with Crippen molar-refractivity contribution < 1.29 is 9.53 Å². The van der Waals surface area contributed by atoms with Crippen LogP contribution in [-0.4, -0.2) is 48.8 Å². The van der Waals surface area contributed by atoms with E-state index in [1.165, 1.54) is 0 Å². The van der Waals surface area contributed by atoms with Crippen LogP contribution in [0.15, 0.2) is 30.7 Å². The van der Waals surface area contributed by atoms with Gasteiger partial charge in [0, 0.05) is 50.0 Å². The standard InChI is InChI=1S/C24H26N6O2S/c1-24(2,3)32-23(31)29-7-5-15(6-8-29)19-13-30-14-20(33-22(30)26-19)16-9-17(11-25)21-18(10-16)12-28(4)27-21/h9-10,12-15H,5-8H2,1-4H3. The number of likely N-dealkylation sites (tertiary alicyclic amines) is 1. The van der Waals surface area contributed by atoms with Gasteiger partial charge in [-0.15, -0.1) is 0 Å². The van der Waals surface area contributed by atoms with E-state index in [0.29, 0.717) is 24.6 Å². The topological polar surface area (TPSA) is 88.5 Å². The number of aromatic nitrogens is 4. The van der Waals surface area contributed by atoms with Gasteiger partial charge in [0.25, 0.3) is 0 Å². The number of carbonyl (C=O) groups excluding carboxylic acids is 1. The lowest BCUT2D eigenvalue weighted by Gasteiger charge is -2.32. The predicted octanol–water partition coefficient (Wildman–Crippen LogP) is 4.94. The van der Waals surface area contributed by atoms with Crippen molar-refractivity contribution in [2.45, 2.75) is 45.1 Å². The monoisotopic (exact) mass is 462 g/mol. The highest BCUT2D eigenvalue weighted by Gasteiger charge is 2.28. The van der Waals surface area contributed by atoms with Crippen molar-refractivity contribution in [3.63, 3.8) is 0 Å². The molecule has 33 heavy (non-hydrogen) atoms. The number of piperidine rings is 1. The molecule has 9 heteroatoms. The van der Waals surface area contributed by atoms with E-state index in [2.05, 4.69) is 34.0 Å². The lowest BCUT2D eigenvalue weighted by molar-refractivity contribution is 0.0204. The van der Waals surface area contributed by atoms with E-state index < -0.39 is 5.60 Å². The Balaban J connectivity index is 1.33. The zero-order valence-corrected chi connectivity index (χ0v) is 20.0. The van der Waals surface area contributed by atoms with Gasteiger partial charge in [0.05, 0.1) is 16.1 Å². The zero-order valence-electron chi connectivity index (χ0n) is 19.2. The van der Waals surface area contributed by atoms with Gasteiger partial charge in [-0.05, 0) is 51.3 Å².